The zero-order valence-electron chi connectivity index (χ0n) is 19.1. The summed E-state index contributed by atoms with van der Waals surface area (Å²) in [6, 6.07) is 12.8. The first-order valence-corrected chi connectivity index (χ1v) is 10.7. The topological polar surface area (TPSA) is 67.4 Å². The van der Waals surface area contributed by atoms with E-state index in [0.717, 1.165) is 0 Å². The van der Waals surface area contributed by atoms with Crippen LogP contribution in [0.1, 0.15) is 56.6 Å². The summed E-state index contributed by atoms with van der Waals surface area (Å²) in [6.45, 7) is 5.66. The van der Waals surface area contributed by atoms with E-state index in [-0.39, 0.29) is 61.3 Å². The van der Waals surface area contributed by atoms with Crippen molar-refractivity contribution in [2.75, 3.05) is 20.3 Å². The Labute approximate surface area is 188 Å². The van der Waals surface area contributed by atoms with Crippen molar-refractivity contribution in [1.82, 2.24) is 10.6 Å². The lowest BCUT2D eigenvalue weighted by Crippen LogP contribution is -2.56. The Balaban J connectivity index is 1.93. The molecule has 0 unspecified atom stereocenters. The molecule has 174 valence electrons. The smallest absolute Gasteiger partial charge is 0.221 e. The fraction of sp³-hybridized carbons (Fsp3) is 0.440. The van der Waals surface area contributed by atoms with Crippen LogP contribution in [0.4, 0.5) is 8.78 Å². The van der Waals surface area contributed by atoms with Gasteiger partial charge in [-0.2, -0.15) is 0 Å². The van der Waals surface area contributed by atoms with Crippen LogP contribution in [-0.4, -0.2) is 37.6 Å². The molecule has 0 aliphatic rings. The van der Waals surface area contributed by atoms with Crippen molar-refractivity contribution in [3.8, 4) is 0 Å². The number of carbonyl (C=O) groups excluding carboxylic acids is 2. The van der Waals surface area contributed by atoms with Crippen molar-refractivity contribution in [3.05, 3.63) is 71.3 Å². The van der Waals surface area contributed by atoms with Gasteiger partial charge in [0.15, 0.2) is 0 Å². The lowest BCUT2D eigenvalue weighted by Gasteiger charge is -2.31. The molecule has 0 aromatic heterocycles. The first kappa shape index (κ1) is 25.5. The fourth-order valence-corrected chi connectivity index (χ4v) is 3.73. The standard InChI is InChI=1S/C25H32F2N2O3/c1-17(19-9-5-7-11-21(19)26)13-23(30)28-15-25(3,16-32-4)29-24(31)14-18(2)20-10-6-8-12-22(20)27/h5-12,17-18H,13-16H2,1-4H3,(H,28,30)(H,29,31)/t17-,18+,25+/m1/s1. The van der Waals surface area contributed by atoms with E-state index >= 15 is 0 Å². The van der Waals surface area contributed by atoms with Crippen molar-refractivity contribution in [2.24, 2.45) is 0 Å². The minimum Gasteiger partial charge on any atom is -0.382 e. The van der Waals surface area contributed by atoms with Crippen LogP contribution in [0.5, 0.6) is 0 Å². The van der Waals surface area contributed by atoms with Gasteiger partial charge in [-0.05, 0) is 42.0 Å². The third-order valence-corrected chi connectivity index (χ3v) is 5.44. The summed E-state index contributed by atoms with van der Waals surface area (Å²) >= 11 is 0. The maximum atomic E-state index is 14.0. The van der Waals surface area contributed by atoms with Gasteiger partial charge in [0, 0.05) is 26.5 Å². The second-order valence-corrected chi connectivity index (χ2v) is 8.57. The van der Waals surface area contributed by atoms with E-state index in [1.165, 1.54) is 19.2 Å². The predicted molar refractivity (Wildman–Crippen MR) is 120 cm³/mol. The third-order valence-electron chi connectivity index (χ3n) is 5.44. The van der Waals surface area contributed by atoms with Gasteiger partial charge in [-0.1, -0.05) is 50.2 Å². The summed E-state index contributed by atoms with van der Waals surface area (Å²) in [5.74, 6) is -1.80. The quantitative estimate of drug-likeness (QED) is 0.541. The normalized spacial score (nSPS) is 14.8. The molecule has 0 aliphatic carbocycles. The molecule has 0 fully saturated rings. The Morgan fingerprint density at radius 2 is 1.38 bits per heavy atom. The monoisotopic (exact) mass is 446 g/mol. The average molecular weight is 447 g/mol. The number of hydrogen-bond acceptors (Lipinski definition) is 3. The molecule has 2 N–H and O–H groups in total. The maximum absolute atomic E-state index is 14.0. The van der Waals surface area contributed by atoms with Crippen molar-refractivity contribution in [2.45, 2.75) is 51.0 Å². The van der Waals surface area contributed by atoms with Gasteiger partial charge in [-0.15, -0.1) is 0 Å². The Morgan fingerprint density at radius 1 is 0.906 bits per heavy atom. The number of halogens is 2. The van der Waals surface area contributed by atoms with Gasteiger partial charge in [-0.3, -0.25) is 9.59 Å². The number of rotatable bonds is 11. The van der Waals surface area contributed by atoms with Crippen LogP contribution in [0.15, 0.2) is 48.5 Å². The summed E-state index contributed by atoms with van der Waals surface area (Å²) in [5, 5.41) is 5.71. The van der Waals surface area contributed by atoms with Crippen molar-refractivity contribution in [1.29, 1.82) is 0 Å². The van der Waals surface area contributed by atoms with Crippen LogP contribution in [0.2, 0.25) is 0 Å². The molecule has 0 radical (unpaired) electrons. The SMILES string of the molecule is COC[C@](C)(CNC(=O)C[C@@H](C)c1ccccc1F)NC(=O)C[C@H](C)c1ccccc1F. The molecule has 0 saturated carbocycles. The first-order valence-electron chi connectivity index (χ1n) is 10.7. The molecular formula is C25H32F2N2O3. The first-order chi connectivity index (χ1) is 15.1. The van der Waals surface area contributed by atoms with Gasteiger partial charge < -0.3 is 15.4 Å². The number of nitrogens with one attached hydrogen (secondary N) is 2. The van der Waals surface area contributed by atoms with Crippen LogP contribution < -0.4 is 10.6 Å². The van der Waals surface area contributed by atoms with E-state index in [1.807, 2.05) is 0 Å². The van der Waals surface area contributed by atoms with Gasteiger partial charge in [0.05, 0.1) is 12.1 Å². The van der Waals surface area contributed by atoms with Crippen LogP contribution in [0, 0.1) is 11.6 Å². The van der Waals surface area contributed by atoms with E-state index in [4.69, 9.17) is 4.74 Å². The minimum atomic E-state index is -0.850. The molecule has 0 heterocycles. The van der Waals surface area contributed by atoms with E-state index in [2.05, 4.69) is 10.6 Å². The molecule has 5 nitrogen and oxygen atoms in total. The molecule has 0 bridgehead atoms. The van der Waals surface area contributed by atoms with Gasteiger partial charge in [0.25, 0.3) is 0 Å². The van der Waals surface area contributed by atoms with Crippen LogP contribution in [0.25, 0.3) is 0 Å². The Hall–Kier alpha value is -2.80. The van der Waals surface area contributed by atoms with Crippen LogP contribution in [0.3, 0.4) is 0 Å². The van der Waals surface area contributed by atoms with Crippen molar-refractivity contribution in [3.63, 3.8) is 0 Å². The lowest BCUT2D eigenvalue weighted by molar-refractivity contribution is -0.125. The number of ether oxygens (including phenoxy) is 1. The van der Waals surface area contributed by atoms with E-state index in [9.17, 15) is 18.4 Å². The van der Waals surface area contributed by atoms with E-state index < -0.39 is 5.54 Å². The summed E-state index contributed by atoms with van der Waals surface area (Å²) in [5.41, 5.74) is 0.113. The summed E-state index contributed by atoms with van der Waals surface area (Å²) in [4.78, 5) is 25.1. The molecule has 2 amide bonds. The summed E-state index contributed by atoms with van der Waals surface area (Å²) < 4.78 is 33.2. The number of methoxy groups -OCH3 is 1. The van der Waals surface area contributed by atoms with E-state index in [0.29, 0.717) is 11.1 Å². The number of amides is 2. The zero-order chi connectivity index (χ0) is 23.7. The highest BCUT2D eigenvalue weighted by Crippen LogP contribution is 2.23. The molecular weight excluding hydrogens is 414 g/mol. The summed E-state index contributed by atoms with van der Waals surface area (Å²) in [7, 11) is 1.51. The van der Waals surface area contributed by atoms with Crippen molar-refractivity contribution >= 4 is 11.8 Å². The van der Waals surface area contributed by atoms with E-state index in [1.54, 1.807) is 57.2 Å². The van der Waals surface area contributed by atoms with Gasteiger partial charge >= 0.3 is 0 Å². The lowest BCUT2D eigenvalue weighted by atomic mass is 9.95. The number of benzene rings is 2. The molecule has 7 heteroatoms. The summed E-state index contributed by atoms with van der Waals surface area (Å²) in [6.07, 6.45) is 0.209. The molecule has 2 rings (SSSR count). The molecule has 0 spiro atoms. The Morgan fingerprint density at radius 3 is 1.84 bits per heavy atom. The predicted octanol–water partition coefficient (Wildman–Crippen LogP) is 4.29. The molecule has 0 saturated heterocycles. The zero-order valence-corrected chi connectivity index (χ0v) is 19.1. The number of carbonyl (C=O) groups is 2. The molecule has 3 atom stereocenters. The van der Waals surface area contributed by atoms with Gasteiger partial charge in [0.1, 0.15) is 11.6 Å². The van der Waals surface area contributed by atoms with Gasteiger partial charge in [0.2, 0.25) is 11.8 Å². The van der Waals surface area contributed by atoms with Gasteiger partial charge in [-0.25, -0.2) is 8.78 Å². The molecule has 32 heavy (non-hydrogen) atoms. The highest BCUT2D eigenvalue weighted by atomic mass is 19.1. The molecule has 0 aliphatic heterocycles. The second kappa shape index (κ2) is 11.7. The van der Waals surface area contributed by atoms with Crippen LogP contribution >= 0.6 is 0 Å². The fourth-order valence-electron chi connectivity index (χ4n) is 3.73. The van der Waals surface area contributed by atoms with Crippen LogP contribution in [-0.2, 0) is 14.3 Å². The highest BCUT2D eigenvalue weighted by Gasteiger charge is 2.28. The third kappa shape index (κ3) is 7.41. The Kier molecular flexibility index (Phi) is 9.32. The maximum Gasteiger partial charge on any atom is 0.221 e. The second-order valence-electron chi connectivity index (χ2n) is 8.57. The molecule has 2 aromatic carbocycles. The Bertz CT molecular complexity index is 922. The van der Waals surface area contributed by atoms with Crippen molar-refractivity contribution < 1.29 is 23.1 Å². The molecule has 2 aromatic rings. The average Bonchev–Trinajstić information content (AvgIpc) is 2.73. The highest BCUT2D eigenvalue weighted by molar-refractivity contribution is 5.79. The number of hydrogen-bond donors (Lipinski definition) is 2. The minimum absolute atomic E-state index is 0.0957. The largest absolute Gasteiger partial charge is 0.382 e.